The quantitative estimate of drug-likeness (QED) is 0.709. The fourth-order valence-electron chi connectivity index (χ4n) is 3.60. The van der Waals surface area contributed by atoms with Crippen molar-refractivity contribution < 1.29 is 9.21 Å². The predicted molar refractivity (Wildman–Crippen MR) is 106 cm³/mol. The standard InChI is InChI=1S/C21H23N5O2/c1-13-19(16-7-3-4-8-17(16)28-13)21(27)24-12-15-10-18(22-2)26-20(25-15)14-6-5-9-23-11-14/h5-6,9-11H,3-4,7-8,12H2,1-2H3,(H,24,27)(H,22,25,26). The van der Waals surface area contributed by atoms with Crippen LogP contribution in [0.15, 0.2) is 35.0 Å². The highest BCUT2D eigenvalue weighted by atomic mass is 16.3. The molecule has 4 rings (SSSR count). The highest BCUT2D eigenvalue weighted by Crippen LogP contribution is 2.29. The molecule has 144 valence electrons. The van der Waals surface area contributed by atoms with Gasteiger partial charge in [-0.2, -0.15) is 0 Å². The molecule has 0 spiro atoms. The number of anilines is 1. The summed E-state index contributed by atoms with van der Waals surface area (Å²) in [5.74, 6) is 2.80. The second-order valence-corrected chi connectivity index (χ2v) is 6.88. The SMILES string of the molecule is CNc1cc(CNC(=O)c2c(C)oc3c2CCCC3)nc(-c2cccnc2)n1. The number of rotatable bonds is 5. The van der Waals surface area contributed by atoms with Gasteiger partial charge >= 0.3 is 0 Å². The molecule has 1 aliphatic carbocycles. The highest BCUT2D eigenvalue weighted by Gasteiger charge is 2.25. The molecule has 1 amide bonds. The van der Waals surface area contributed by atoms with Crippen LogP contribution in [0.2, 0.25) is 0 Å². The number of aromatic nitrogens is 3. The summed E-state index contributed by atoms with van der Waals surface area (Å²) in [6.45, 7) is 2.17. The summed E-state index contributed by atoms with van der Waals surface area (Å²) in [5.41, 5.74) is 3.30. The van der Waals surface area contributed by atoms with Crippen molar-refractivity contribution >= 4 is 11.7 Å². The van der Waals surface area contributed by atoms with E-state index in [1.54, 1.807) is 19.4 Å². The molecule has 3 aromatic rings. The van der Waals surface area contributed by atoms with E-state index >= 15 is 0 Å². The van der Waals surface area contributed by atoms with Crippen molar-refractivity contribution in [2.24, 2.45) is 0 Å². The Labute approximate surface area is 163 Å². The topological polar surface area (TPSA) is 92.9 Å². The number of fused-ring (bicyclic) bond motifs is 1. The van der Waals surface area contributed by atoms with Crippen molar-refractivity contribution in [3.8, 4) is 11.4 Å². The maximum absolute atomic E-state index is 12.8. The summed E-state index contributed by atoms with van der Waals surface area (Å²) < 4.78 is 5.82. The summed E-state index contributed by atoms with van der Waals surface area (Å²) in [4.78, 5) is 26.0. The summed E-state index contributed by atoms with van der Waals surface area (Å²) in [7, 11) is 1.80. The maximum Gasteiger partial charge on any atom is 0.255 e. The van der Waals surface area contributed by atoms with E-state index in [1.165, 1.54) is 0 Å². The molecule has 3 aromatic heterocycles. The van der Waals surface area contributed by atoms with E-state index in [2.05, 4.69) is 25.6 Å². The van der Waals surface area contributed by atoms with Crippen molar-refractivity contribution in [1.82, 2.24) is 20.3 Å². The monoisotopic (exact) mass is 377 g/mol. The van der Waals surface area contributed by atoms with E-state index in [9.17, 15) is 4.79 Å². The number of aryl methyl sites for hydroxylation is 2. The molecule has 0 aromatic carbocycles. The number of nitrogens with one attached hydrogen (secondary N) is 2. The third-order valence-corrected chi connectivity index (χ3v) is 4.96. The van der Waals surface area contributed by atoms with Crippen LogP contribution in [0.1, 0.15) is 46.0 Å². The first-order valence-corrected chi connectivity index (χ1v) is 9.51. The van der Waals surface area contributed by atoms with Gasteiger partial charge in [0.25, 0.3) is 5.91 Å². The lowest BCUT2D eigenvalue weighted by atomic mass is 9.94. The first-order valence-electron chi connectivity index (χ1n) is 9.51. The number of amides is 1. The predicted octanol–water partition coefficient (Wildman–Crippen LogP) is 3.29. The molecule has 7 nitrogen and oxygen atoms in total. The molecule has 0 saturated carbocycles. The fraction of sp³-hybridized carbons (Fsp3) is 0.333. The molecule has 0 atom stereocenters. The molecule has 0 unspecified atom stereocenters. The summed E-state index contributed by atoms with van der Waals surface area (Å²) in [6.07, 6.45) is 7.45. The zero-order valence-electron chi connectivity index (χ0n) is 16.1. The Hall–Kier alpha value is -3.22. The van der Waals surface area contributed by atoms with Gasteiger partial charge in [-0.1, -0.05) is 0 Å². The molecule has 2 N–H and O–H groups in total. The average Bonchev–Trinajstić information content (AvgIpc) is 3.08. The number of carbonyl (C=O) groups is 1. The van der Waals surface area contributed by atoms with Crippen LogP contribution in [0.4, 0.5) is 5.82 Å². The van der Waals surface area contributed by atoms with Crippen molar-refractivity contribution in [2.75, 3.05) is 12.4 Å². The third-order valence-electron chi connectivity index (χ3n) is 4.96. The Morgan fingerprint density at radius 1 is 1.25 bits per heavy atom. The van der Waals surface area contributed by atoms with Crippen LogP contribution < -0.4 is 10.6 Å². The van der Waals surface area contributed by atoms with Crippen LogP contribution in [0.5, 0.6) is 0 Å². The summed E-state index contributed by atoms with van der Waals surface area (Å²) in [6, 6.07) is 5.58. The minimum absolute atomic E-state index is 0.114. The van der Waals surface area contributed by atoms with E-state index in [4.69, 9.17) is 4.42 Å². The second-order valence-electron chi connectivity index (χ2n) is 6.88. The largest absolute Gasteiger partial charge is 0.465 e. The minimum atomic E-state index is -0.114. The molecule has 0 saturated heterocycles. The zero-order chi connectivity index (χ0) is 19.5. The van der Waals surface area contributed by atoms with Gasteiger partial charge in [0, 0.05) is 43.1 Å². The van der Waals surface area contributed by atoms with Gasteiger partial charge in [-0.25, -0.2) is 9.97 Å². The van der Waals surface area contributed by atoms with Crippen LogP contribution in [-0.4, -0.2) is 27.9 Å². The second kappa shape index (κ2) is 7.80. The minimum Gasteiger partial charge on any atom is -0.465 e. The number of furan rings is 1. The van der Waals surface area contributed by atoms with Gasteiger partial charge in [-0.15, -0.1) is 0 Å². The third kappa shape index (κ3) is 3.60. The van der Waals surface area contributed by atoms with Gasteiger partial charge in [-0.05, 0) is 38.3 Å². The van der Waals surface area contributed by atoms with Gasteiger partial charge in [0.2, 0.25) is 0 Å². The van der Waals surface area contributed by atoms with Gasteiger partial charge < -0.3 is 15.1 Å². The first-order chi connectivity index (χ1) is 13.7. The molecular weight excluding hydrogens is 354 g/mol. The Morgan fingerprint density at radius 2 is 2.11 bits per heavy atom. The number of carbonyl (C=O) groups excluding carboxylic acids is 1. The van der Waals surface area contributed by atoms with Crippen molar-refractivity contribution in [3.05, 3.63) is 58.9 Å². The molecule has 28 heavy (non-hydrogen) atoms. The maximum atomic E-state index is 12.8. The van der Waals surface area contributed by atoms with E-state index in [-0.39, 0.29) is 5.91 Å². The van der Waals surface area contributed by atoms with Gasteiger partial charge in [0.15, 0.2) is 5.82 Å². The van der Waals surface area contributed by atoms with Crippen molar-refractivity contribution in [3.63, 3.8) is 0 Å². The molecule has 1 aliphatic rings. The van der Waals surface area contributed by atoms with Gasteiger partial charge in [-0.3, -0.25) is 9.78 Å². The van der Waals surface area contributed by atoms with Crippen LogP contribution >= 0.6 is 0 Å². The Morgan fingerprint density at radius 3 is 2.89 bits per heavy atom. The summed E-state index contributed by atoms with van der Waals surface area (Å²) in [5, 5.41) is 6.03. The van der Waals surface area contributed by atoms with E-state index in [0.29, 0.717) is 29.5 Å². The Kier molecular flexibility index (Phi) is 5.06. The van der Waals surface area contributed by atoms with Crippen molar-refractivity contribution in [1.29, 1.82) is 0 Å². The van der Waals surface area contributed by atoms with Crippen LogP contribution in [0.25, 0.3) is 11.4 Å². The molecule has 0 aliphatic heterocycles. The lowest BCUT2D eigenvalue weighted by molar-refractivity contribution is 0.0948. The Balaban J connectivity index is 1.55. The van der Waals surface area contributed by atoms with Crippen molar-refractivity contribution in [2.45, 2.75) is 39.2 Å². The fourth-order valence-corrected chi connectivity index (χ4v) is 3.60. The number of nitrogens with zero attached hydrogens (tertiary/aromatic N) is 3. The number of hydrogen-bond donors (Lipinski definition) is 2. The average molecular weight is 377 g/mol. The molecule has 0 fully saturated rings. The number of hydrogen-bond acceptors (Lipinski definition) is 6. The highest BCUT2D eigenvalue weighted by molar-refractivity contribution is 5.97. The van der Waals surface area contributed by atoms with E-state index in [0.717, 1.165) is 48.3 Å². The summed E-state index contributed by atoms with van der Waals surface area (Å²) >= 11 is 0. The molecule has 0 bridgehead atoms. The van der Waals surface area contributed by atoms with Gasteiger partial charge in [0.1, 0.15) is 17.3 Å². The molecule has 3 heterocycles. The smallest absolute Gasteiger partial charge is 0.255 e. The van der Waals surface area contributed by atoms with Gasteiger partial charge in [0.05, 0.1) is 17.8 Å². The van der Waals surface area contributed by atoms with E-state index < -0.39 is 0 Å². The van der Waals surface area contributed by atoms with Crippen LogP contribution in [-0.2, 0) is 19.4 Å². The Bertz CT molecular complexity index is 998. The zero-order valence-corrected chi connectivity index (χ0v) is 16.1. The molecule has 7 heteroatoms. The normalized spacial score (nSPS) is 13.1. The number of pyridine rings is 1. The van der Waals surface area contributed by atoms with Crippen LogP contribution in [0, 0.1) is 6.92 Å². The lowest BCUT2D eigenvalue weighted by Crippen LogP contribution is -2.25. The lowest BCUT2D eigenvalue weighted by Gasteiger charge is -2.12. The molecular formula is C21H23N5O2. The van der Waals surface area contributed by atoms with Crippen LogP contribution in [0.3, 0.4) is 0 Å². The van der Waals surface area contributed by atoms with E-state index in [1.807, 2.05) is 25.1 Å². The molecule has 0 radical (unpaired) electrons. The first kappa shape index (κ1) is 18.2.